The van der Waals surface area contributed by atoms with E-state index in [1.807, 2.05) is 60.7 Å². The number of aromatic nitrogens is 2. The van der Waals surface area contributed by atoms with Gasteiger partial charge >= 0.3 is 0 Å². The summed E-state index contributed by atoms with van der Waals surface area (Å²) in [5.74, 6) is 2.02. The largest absolute Gasteiger partial charge is 0.489 e. The van der Waals surface area contributed by atoms with Gasteiger partial charge in [0.05, 0.1) is 5.56 Å². The molecule has 0 radical (unpaired) electrons. The minimum absolute atomic E-state index is 0.330. The molecule has 3 aromatic carbocycles. The zero-order chi connectivity index (χ0) is 20.1. The maximum absolute atomic E-state index is 6.12. The number of hydrogen-bond donors (Lipinski definition) is 2. The van der Waals surface area contributed by atoms with Gasteiger partial charge in [-0.05, 0) is 35.4 Å². The lowest BCUT2D eigenvalue weighted by Gasteiger charge is -2.13. The van der Waals surface area contributed by atoms with E-state index in [9.17, 15) is 0 Å². The summed E-state index contributed by atoms with van der Waals surface area (Å²) < 4.78 is 11.8. The molecule has 0 spiro atoms. The molecule has 0 bridgehead atoms. The highest BCUT2D eigenvalue weighted by molar-refractivity contribution is 5.78. The van der Waals surface area contributed by atoms with Gasteiger partial charge in [0.2, 0.25) is 5.88 Å². The average Bonchev–Trinajstić information content (AvgIpc) is 2.74. The molecule has 0 fully saturated rings. The van der Waals surface area contributed by atoms with Crippen LogP contribution in [0.3, 0.4) is 0 Å². The monoisotopic (exact) mass is 384 g/mol. The standard InChI is InChI=1S/C23H20N4O2/c24-18-7-4-8-20(13-18)29-23-21(22(25)26-15-27-23)17-9-11-19(12-10-17)28-14-16-5-2-1-3-6-16/h1-13,15H,14,24H2,(H2,25,26,27). The highest BCUT2D eigenvalue weighted by Gasteiger charge is 2.14. The van der Waals surface area contributed by atoms with Crippen molar-refractivity contribution in [1.82, 2.24) is 9.97 Å². The molecule has 144 valence electrons. The van der Waals surface area contributed by atoms with E-state index in [4.69, 9.17) is 20.9 Å². The zero-order valence-corrected chi connectivity index (χ0v) is 15.7. The molecule has 0 aliphatic heterocycles. The van der Waals surface area contributed by atoms with E-state index in [2.05, 4.69) is 9.97 Å². The van der Waals surface area contributed by atoms with Gasteiger partial charge in [0.25, 0.3) is 0 Å². The predicted octanol–water partition coefficient (Wildman–Crippen LogP) is 4.68. The van der Waals surface area contributed by atoms with Crippen LogP contribution in [-0.2, 0) is 6.61 Å². The number of ether oxygens (including phenoxy) is 2. The minimum Gasteiger partial charge on any atom is -0.489 e. The predicted molar refractivity (Wildman–Crippen MR) is 114 cm³/mol. The van der Waals surface area contributed by atoms with Gasteiger partial charge in [-0.3, -0.25) is 0 Å². The average molecular weight is 384 g/mol. The summed E-state index contributed by atoms with van der Waals surface area (Å²) in [7, 11) is 0. The summed E-state index contributed by atoms with van der Waals surface area (Å²) in [4.78, 5) is 8.36. The summed E-state index contributed by atoms with van der Waals surface area (Å²) in [5, 5.41) is 0. The summed E-state index contributed by atoms with van der Waals surface area (Å²) in [6, 6.07) is 24.7. The Kier molecular flexibility index (Phi) is 5.25. The molecule has 0 unspecified atom stereocenters. The first kappa shape index (κ1) is 18.3. The molecule has 0 saturated carbocycles. The molecule has 29 heavy (non-hydrogen) atoms. The van der Waals surface area contributed by atoms with Gasteiger partial charge in [-0.25, -0.2) is 9.97 Å². The fourth-order valence-corrected chi connectivity index (χ4v) is 2.88. The molecule has 0 saturated heterocycles. The molecule has 0 aliphatic rings. The van der Waals surface area contributed by atoms with Crippen LogP contribution in [0.25, 0.3) is 11.1 Å². The topological polar surface area (TPSA) is 96.3 Å². The maximum Gasteiger partial charge on any atom is 0.232 e. The van der Waals surface area contributed by atoms with E-state index in [0.29, 0.717) is 35.3 Å². The van der Waals surface area contributed by atoms with Gasteiger partial charge in [0, 0.05) is 11.8 Å². The fourth-order valence-electron chi connectivity index (χ4n) is 2.88. The van der Waals surface area contributed by atoms with Crippen molar-refractivity contribution in [3.63, 3.8) is 0 Å². The quantitative estimate of drug-likeness (QED) is 0.469. The first-order chi connectivity index (χ1) is 14.2. The maximum atomic E-state index is 6.12. The Balaban J connectivity index is 1.56. The van der Waals surface area contributed by atoms with Crippen molar-refractivity contribution in [2.45, 2.75) is 6.61 Å². The van der Waals surface area contributed by atoms with Gasteiger partial charge in [-0.15, -0.1) is 0 Å². The fraction of sp³-hybridized carbons (Fsp3) is 0.0435. The van der Waals surface area contributed by atoms with Crippen molar-refractivity contribution in [3.05, 3.63) is 90.8 Å². The van der Waals surface area contributed by atoms with Crippen molar-refractivity contribution in [3.8, 4) is 28.5 Å². The molecule has 1 heterocycles. The van der Waals surface area contributed by atoms with Gasteiger partial charge < -0.3 is 20.9 Å². The van der Waals surface area contributed by atoms with Gasteiger partial charge in [-0.1, -0.05) is 48.5 Å². The molecule has 4 aromatic rings. The highest BCUT2D eigenvalue weighted by Crippen LogP contribution is 2.35. The Morgan fingerprint density at radius 1 is 0.759 bits per heavy atom. The van der Waals surface area contributed by atoms with E-state index >= 15 is 0 Å². The first-order valence-electron chi connectivity index (χ1n) is 9.10. The van der Waals surface area contributed by atoms with Crippen molar-refractivity contribution in [2.75, 3.05) is 11.5 Å². The summed E-state index contributed by atoms with van der Waals surface area (Å²) in [5.41, 5.74) is 15.1. The van der Waals surface area contributed by atoms with Crippen LogP contribution in [0.5, 0.6) is 17.4 Å². The van der Waals surface area contributed by atoms with Crippen LogP contribution in [0.4, 0.5) is 11.5 Å². The van der Waals surface area contributed by atoms with Gasteiger partial charge in [0.15, 0.2) is 0 Å². The van der Waals surface area contributed by atoms with Crippen LogP contribution in [0.15, 0.2) is 85.2 Å². The third-order valence-electron chi connectivity index (χ3n) is 4.31. The Hall–Kier alpha value is -4.06. The smallest absolute Gasteiger partial charge is 0.232 e. The lowest BCUT2D eigenvalue weighted by molar-refractivity contribution is 0.306. The number of nitrogens with two attached hydrogens (primary N) is 2. The van der Waals surface area contributed by atoms with E-state index in [1.54, 1.807) is 18.2 Å². The van der Waals surface area contributed by atoms with Gasteiger partial charge in [-0.2, -0.15) is 0 Å². The number of nitrogen functional groups attached to an aromatic ring is 2. The van der Waals surface area contributed by atoms with Crippen molar-refractivity contribution in [1.29, 1.82) is 0 Å². The second kappa shape index (κ2) is 8.31. The van der Waals surface area contributed by atoms with Crippen molar-refractivity contribution < 1.29 is 9.47 Å². The Morgan fingerprint density at radius 2 is 1.55 bits per heavy atom. The number of anilines is 2. The molecule has 4 N–H and O–H groups in total. The minimum atomic E-state index is 0.330. The summed E-state index contributed by atoms with van der Waals surface area (Å²) in [6.07, 6.45) is 1.37. The lowest BCUT2D eigenvalue weighted by atomic mass is 10.1. The normalized spacial score (nSPS) is 10.5. The first-order valence-corrected chi connectivity index (χ1v) is 9.10. The molecule has 4 rings (SSSR count). The Bertz CT molecular complexity index is 1100. The lowest BCUT2D eigenvalue weighted by Crippen LogP contribution is -2.00. The van der Waals surface area contributed by atoms with Gasteiger partial charge in [0.1, 0.15) is 30.3 Å². The molecular formula is C23H20N4O2. The molecule has 0 atom stereocenters. The van der Waals surface area contributed by atoms with Crippen LogP contribution in [0, 0.1) is 0 Å². The van der Waals surface area contributed by atoms with Crippen LogP contribution in [-0.4, -0.2) is 9.97 Å². The Labute approximate surface area is 168 Å². The SMILES string of the molecule is Nc1cccc(Oc2ncnc(N)c2-c2ccc(OCc3ccccc3)cc2)c1. The van der Waals surface area contributed by atoms with Crippen LogP contribution in [0.2, 0.25) is 0 Å². The third-order valence-corrected chi connectivity index (χ3v) is 4.31. The van der Waals surface area contributed by atoms with Crippen LogP contribution < -0.4 is 20.9 Å². The summed E-state index contributed by atoms with van der Waals surface area (Å²) in [6.45, 7) is 0.501. The molecule has 1 aromatic heterocycles. The van der Waals surface area contributed by atoms with E-state index in [-0.39, 0.29) is 0 Å². The van der Waals surface area contributed by atoms with E-state index < -0.39 is 0 Å². The van der Waals surface area contributed by atoms with Crippen molar-refractivity contribution in [2.24, 2.45) is 0 Å². The second-order valence-corrected chi connectivity index (χ2v) is 6.41. The molecule has 0 aliphatic carbocycles. The summed E-state index contributed by atoms with van der Waals surface area (Å²) >= 11 is 0. The van der Waals surface area contributed by atoms with Crippen LogP contribution >= 0.6 is 0 Å². The van der Waals surface area contributed by atoms with E-state index in [0.717, 1.165) is 16.9 Å². The number of hydrogen-bond acceptors (Lipinski definition) is 6. The second-order valence-electron chi connectivity index (χ2n) is 6.41. The third kappa shape index (κ3) is 4.44. The number of benzene rings is 3. The van der Waals surface area contributed by atoms with Crippen molar-refractivity contribution >= 4 is 11.5 Å². The molecule has 6 heteroatoms. The van der Waals surface area contributed by atoms with E-state index in [1.165, 1.54) is 6.33 Å². The molecular weight excluding hydrogens is 364 g/mol. The number of rotatable bonds is 6. The molecule has 6 nitrogen and oxygen atoms in total. The number of nitrogens with zero attached hydrogens (tertiary/aromatic N) is 2. The highest BCUT2D eigenvalue weighted by atomic mass is 16.5. The van der Waals surface area contributed by atoms with Crippen LogP contribution in [0.1, 0.15) is 5.56 Å². The Morgan fingerprint density at radius 3 is 2.31 bits per heavy atom. The zero-order valence-electron chi connectivity index (χ0n) is 15.7. The molecule has 0 amide bonds.